The molecule has 4 nitrogen and oxygen atoms in total. The Morgan fingerprint density at radius 2 is 1.85 bits per heavy atom. The van der Waals surface area contributed by atoms with E-state index in [0.717, 1.165) is 25.1 Å². The number of nitrogens with one attached hydrogen (secondary N) is 1. The van der Waals surface area contributed by atoms with Crippen molar-refractivity contribution in [3.63, 3.8) is 0 Å². The lowest BCUT2D eigenvalue weighted by Gasteiger charge is -2.13. The molecule has 0 saturated carbocycles. The minimum absolute atomic E-state index is 0.328. The Hall–Kier alpha value is -0.370. The van der Waals surface area contributed by atoms with Gasteiger partial charge >= 0.3 is 0 Å². The van der Waals surface area contributed by atoms with Gasteiger partial charge in [-0.05, 0) is 53.3 Å². The van der Waals surface area contributed by atoms with Crippen LogP contribution in [-0.4, -0.2) is 44.2 Å². The van der Waals surface area contributed by atoms with E-state index in [1.165, 1.54) is 3.57 Å². The maximum Gasteiger partial charge on any atom is 0.0945 e. The molecule has 0 aliphatic carbocycles. The van der Waals surface area contributed by atoms with Crippen molar-refractivity contribution in [1.82, 2.24) is 0 Å². The first kappa shape index (κ1) is 17.7. The van der Waals surface area contributed by atoms with Gasteiger partial charge in [0.2, 0.25) is 0 Å². The first-order chi connectivity index (χ1) is 9.72. The van der Waals surface area contributed by atoms with Gasteiger partial charge in [0.1, 0.15) is 0 Å². The van der Waals surface area contributed by atoms with Gasteiger partial charge in [0.05, 0.1) is 25.9 Å². The molecule has 1 rings (SSSR count). The summed E-state index contributed by atoms with van der Waals surface area (Å²) in [6.45, 7) is 4.86. The summed E-state index contributed by atoms with van der Waals surface area (Å²) >= 11 is 2.26. The Morgan fingerprint density at radius 1 is 1.15 bits per heavy atom. The maximum absolute atomic E-state index is 9.78. The number of halogens is 1. The molecule has 0 aliphatic rings. The van der Waals surface area contributed by atoms with Crippen molar-refractivity contribution in [2.24, 2.45) is 0 Å². The number of ether oxygens (including phenoxy) is 2. The predicted octanol–water partition coefficient (Wildman–Crippen LogP) is 2.90. The average Bonchev–Trinajstić information content (AvgIpc) is 2.46. The van der Waals surface area contributed by atoms with Crippen LogP contribution in [0.25, 0.3) is 0 Å². The summed E-state index contributed by atoms with van der Waals surface area (Å²) in [5, 5.41) is 13.0. The van der Waals surface area contributed by atoms with E-state index >= 15 is 0 Å². The van der Waals surface area contributed by atoms with Crippen LogP contribution < -0.4 is 5.32 Å². The zero-order valence-corrected chi connectivity index (χ0v) is 14.1. The van der Waals surface area contributed by atoms with E-state index in [1.807, 2.05) is 24.3 Å². The molecule has 0 aromatic heterocycles. The number of anilines is 1. The third-order valence-corrected chi connectivity index (χ3v) is 3.43. The van der Waals surface area contributed by atoms with Gasteiger partial charge in [0, 0.05) is 22.4 Å². The van der Waals surface area contributed by atoms with E-state index in [1.54, 1.807) is 0 Å². The molecule has 20 heavy (non-hydrogen) atoms. The fourth-order valence-corrected chi connectivity index (χ4v) is 1.91. The van der Waals surface area contributed by atoms with Gasteiger partial charge < -0.3 is 19.9 Å². The normalized spacial score (nSPS) is 12.3. The second kappa shape index (κ2) is 11.3. The number of hydrogen-bond donors (Lipinski definition) is 2. The highest BCUT2D eigenvalue weighted by Crippen LogP contribution is 2.10. The lowest BCUT2D eigenvalue weighted by atomic mass is 10.3. The smallest absolute Gasteiger partial charge is 0.0945 e. The second-order valence-electron chi connectivity index (χ2n) is 4.58. The molecular formula is C15H24INO3. The Labute approximate surface area is 135 Å². The van der Waals surface area contributed by atoms with Crippen molar-refractivity contribution in [3.05, 3.63) is 27.8 Å². The van der Waals surface area contributed by atoms with Gasteiger partial charge in [0.15, 0.2) is 0 Å². The molecule has 0 heterocycles. The highest BCUT2D eigenvalue weighted by Gasteiger charge is 2.04. The largest absolute Gasteiger partial charge is 0.389 e. The van der Waals surface area contributed by atoms with E-state index in [0.29, 0.717) is 26.4 Å². The molecule has 0 radical (unpaired) electrons. The molecule has 0 bridgehead atoms. The SMILES string of the molecule is CCCCOCCOCC(O)CNc1ccc(I)cc1. The van der Waals surface area contributed by atoms with Crippen LogP contribution in [0, 0.1) is 3.57 Å². The van der Waals surface area contributed by atoms with E-state index in [9.17, 15) is 5.11 Å². The standard InChI is InChI=1S/C15H24INO3/c1-2-3-8-19-9-10-20-12-15(18)11-17-14-6-4-13(16)5-7-14/h4-7,15,17-18H,2-3,8-12H2,1H3. The Kier molecular flexibility index (Phi) is 10.00. The Morgan fingerprint density at radius 3 is 2.55 bits per heavy atom. The van der Waals surface area contributed by atoms with E-state index < -0.39 is 6.10 Å². The van der Waals surface area contributed by atoms with Crippen molar-refractivity contribution in [2.75, 3.05) is 38.3 Å². The lowest BCUT2D eigenvalue weighted by Crippen LogP contribution is -2.25. The molecule has 5 heteroatoms. The highest BCUT2D eigenvalue weighted by atomic mass is 127. The van der Waals surface area contributed by atoms with Crippen LogP contribution in [-0.2, 0) is 9.47 Å². The molecule has 0 aliphatic heterocycles. The maximum atomic E-state index is 9.78. The molecule has 0 fully saturated rings. The summed E-state index contributed by atoms with van der Waals surface area (Å²) in [7, 11) is 0. The minimum Gasteiger partial charge on any atom is -0.389 e. The topological polar surface area (TPSA) is 50.7 Å². The van der Waals surface area contributed by atoms with E-state index in [2.05, 4.69) is 34.8 Å². The summed E-state index contributed by atoms with van der Waals surface area (Å²) in [5.74, 6) is 0. The number of benzene rings is 1. The number of unbranched alkanes of at least 4 members (excludes halogenated alkanes) is 1. The number of hydrogen-bond acceptors (Lipinski definition) is 4. The van der Waals surface area contributed by atoms with Crippen molar-refractivity contribution in [2.45, 2.75) is 25.9 Å². The third kappa shape index (κ3) is 8.73. The van der Waals surface area contributed by atoms with Crippen LogP contribution in [0.2, 0.25) is 0 Å². The van der Waals surface area contributed by atoms with Crippen molar-refractivity contribution >= 4 is 28.3 Å². The molecule has 0 saturated heterocycles. The average molecular weight is 393 g/mol. The highest BCUT2D eigenvalue weighted by molar-refractivity contribution is 14.1. The summed E-state index contributed by atoms with van der Waals surface area (Å²) in [5.41, 5.74) is 1.01. The van der Waals surface area contributed by atoms with E-state index in [-0.39, 0.29) is 0 Å². The van der Waals surface area contributed by atoms with Gasteiger partial charge in [0.25, 0.3) is 0 Å². The summed E-state index contributed by atoms with van der Waals surface area (Å²) < 4.78 is 11.9. The van der Waals surface area contributed by atoms with Crippen molar-refractivity contribution in [3.8, 4) is 0 Å². The molecule has 114 valence electrons. The number of aliphatic hydroxyl groups excluding tert-OH is 1. The predicted molar refractivity (Wildman–Crippen MR) is 90.2 cm³/mol. The summed E-state index contributed by atoms with van der Waals surface area (Å²) in [6.07, 6.45) is 1.72. The van der Waals surface area contributed by atoms with Gasteiger partial charge in [-0.15, -0.1) is 0 Å². The van der Waals surface area contributed by atoms with Crippen LogP contribution in [0.1, 0.15) is 19.8 Å². The Bertz CT molecular complexity index is 345. The molecule has 1 aromatic carbocycles. The van der Waals surface area contributed by atoms with Crippen LogP contribution in [0.3, 0.4) is 0 Å². The molecular weight excluding hydrogens is 369 g/mol. The van der Waals surface area contributed by atoms with Crippen molar-refractivity contribution in [1.29, 1.82) is 0 Å². The van der Waals surface area contributed by atoms with Crippen molar-refractivity contribution < 1.29 is 14.6 Å². The van der Waals surface area contributed by atoms with Gasteiger partial charge in [-0.25, -0.2) is 0 Å². The zero-order valence-electron chi connectivity index (χ0n) is 12.0. The van der Waals surface area contributed by atoms with Gasteiger partial charge in [-0.1, -0.05) is 13.3 Å². The quantitative estimate of drug-likeness (QED) is 0.449. The monoisotopic (exact) mass is 393 g/mol. The zero-order chi connectivity index (χ0) is 14.6. The van der Waals surface area contributed by atoms with Gasteiger partial charge in [-0.2, -0.15) is 0 Å². The minimum atomic E-state index is -0.509. The van der Waals surface area contributed by atoms with Gasteiger partial charge in [-0.3, -0.25) is 0 Å². The second-order valence-corrected chi connectivity index (χ2v) is 5.83. The summed E-state index contributed by atoms with van der Waals surface area (Å²) in [6, 6.07) is 8.05. The van der Waals surface area contributed by atoms with Crippen LogP contribution in [0.5, 0.6) is 0 Å². The molecule has 2 N–H and O–H groups in total. The molecule has 1 aromatic rings. The fourth-order valence-electron chi connectivity index (χ4n) is 1.55. The first-order valence-electron chi connectivity index (χ1n) is 7.05. The molecule has 0 spiro atoms. The molecule has 0 amide bonds. The van der Waals surface area contributed by atoms with Crippen LogP contribution in [0.4, 0.5) is 5.69 Å². The van der Waals surface area contributed by atoms with E-state index in [4.69, 9.17) is 9.47 Å². The Balaban J connectivity index is 2.00. The lowest BCUT2D eigenvalue weighted by molar-refractivity contribution is 0.00749. The molecule has 1 atom stereocenters. The third-order valence-electron chi connectivity index (χ3n) is 2.71. The van der Waals surface area contributed by atoms with Crippen LogP contribution in [0.15, 0.2) is 24.3 Å². The first-order valence-corrected chi connectivity index (χ1v) is 8.13. The van der Waals surface area contributed by atoms with Crippen LogP contribution >= 0.6 is 22.6 Å². The molecule has 1 unspecified atom stereocenters. The number of aliphatic hydroxyl groups is 1. The fraction of sp³-hybridized carbons (Fsp3) is 0.600. The number of rotatable bonds is 11. The summed E-state index contributed by atoms with van der Waals surface area (Å²) in [4.78, 5) is 0.